The van der Waals surface area contributed by atoms with Gasteiger partial charge in [0.15, 0.2) is 0 Å². The molecular formula is C29H27ClN6O3. The number of nitrogens with one attached hydrogen (secondary N) is 1. The molecule has 3 heterocycles. The highest BCUT2D eigenvalue weighted by Crippen LogP contribution is 2.44. The van der Waals surface area contributed by atoms with Gasteiger partial charge in [-0.15, -0.1) is 0 Å². The molecule has 2 aliphatic rings. The predicted octanol–water partition coefficient (Wildman–Crippen LogP) is 4.49. The van der Waals surface area contributed by atoms with Gasteiger partial charge in [0, 0.05) is 24.3 Å². The molecule has 9 nitrogen and oxygen atoms in total. The largest absolute Gasteiger partial charge is 0.490 e. The van der Waals surface area contributed by atoms with Crippen LogP contribution in [0.1, 0.15) is 48.3 Å². The molecule has 10 heteroatoms. The number of rotatable bonds is 5. The fourth-order valence-electron chi connectivity index (χ4n) is 4.80. The van der Waals surface area contributed by atoms with Crippen LogP contribution in [0.5, 0.6) is 5.75 Å². The van der Waals surface area contributed by atoms with Gasteiger partial charge in [-0.1, -0.05) is 29.8 Å². The van der Waals surface area contributed by atoms with Gasteiger partial charge < -0.3 is 15.0 Å². The zero-order chi connectivity index (χ0) is 27.5. The van der Waals surface area contributed by atoms with Crippen molar-refractivity contribution < 1.29 is 14.3 Å². The zero-order valence-electron chi connectivity index (χ0n) is 21.5. The highest BCUT2D eigenvalue weighted by atomic mass is 35.5. The van der Waals surface area contributed by atoms with E-state index < -0.39 is 12.1 Å². The summed E-state index contributed by atoms with van der Waals surface area (Å²) in [5.74, 6) is 0.592. The molecule has 2 atom stereocenters. The fraction of sp³-hybridized carbons (Fsp3) is 0.276. The molecule has 3 aromatic rings. The van der Waals surface area contributed by atoms with Crippen molar-refractivity contribution in [3.8, 4) is 11.8 Å². The van der Waals surface area contributed by atoms with Gasteiger partial charge in [0.05, 0.1) is 35.0 Å². The van der Waals surface area contributed by atoms with Crippen LogP contribution in [0.4, 0.5) is 4.79 Å². The van der Waals surface area contributed by atoms with Crippen LogP contribution < -0.4 is 10.1 Å². The summed E-state index contributed by atoms with van der Waals surface area (Å²) < 4.78 is 6.11. The minimum absolute atomic E-state index is 0.0626. The third-order valence-corrected chi connectivity index (χ3v) is 6.75. The third kappa shape index (κ3) is 5.42. The zero-order valence-corrected chi connectivity index (χ0v) is 22.3. The van der Waals surface area contributed by atoms with Crippen molar-refractivity contribution in [1.29, 1.82) is 5.26 Å². The van der Waals surface area contributed by atoms with Gasteiger partial charge in [0.1, 0.15) is 24.2 Å². The van der Waals surface area contributed by atoms with Gasteiger partial charge in [0.2, 0.25) is 5.91 Å². The Labute approximate surface area is 231 Å². The van der Waals surface area contributed by atoms with E-state index in [4.69, 9.17) is 21.3 Å². The first-order valence-electron chi connectivity index (χ1n) is 12.7. The first-order valence-corrected chi connectivity index (χ1v) is 13.0. The molecule has 1 N–H and O–H groups in total. The molecule has 0 radical (unpaired) electrons. The molecule has 0 unspecified atom stereocenters. The van der Waals surface area contributed by atoms with Crippen molar-refractivity contribution in [2.45, 2.75) is 32.0 Å². The smallest absolute Gasteiger partial charge is 0.326 e. The molecule has 0 spiro atoms. The monoisotopic (exact) mass is 542 g/mol. The number of carbonyl (C=O) groups excluding carboxylic acids is 2. The van der Waals surface area contributed by atoms with E-state index in [-0.39, 0.29) is 24.6 Å². The van der Waals surface area contributed by atoms with Gasteiger partial charge >= 0.3 is 6.03 Å². The standard InChI is InChI=1S/C29H27ClN6O3/c1-18(2)39-24-15-19(16-31)6-11-22(24)28-34-26(23-5-3-4-12-32-23)27(20-7-9-21(30)10-8-20)36(28)29(38)35-14-13-33-25(37)17-35/h3-12,15,18,26-27H,13-14,17H2,1-2H3,(H,33,37)/t26-,27+/m0/s1. The van der Waals surface area contributed by atoms with E-state index in [1.807, 2.05) is 44.2 Å². The van der Waals surface area contributed by atoms with E-state index in [1.165, 1.54) is 4.90 Å². The molecule has 1 fully saturated rings. The lowest BCUT2D eigenvalue weighted by Crippen LogP contribution is -2.55. The highest BCUT2D eigenvalue weighted by molar-refractivity contribution is 6.30. The first-order chi connectivity index (χ1) is 18.9. The van der Waals surface area contributed by atoms with E-state index >= 15 is 0 Å². The van der Waals surface area contributed by atoms with Crippen molar-refractivity contribution in [3.63, 3.8) is 0 Å². The number of aliphatic imine (C=N–C) groups is 1. The maximum absolute atomic E-state index is 14.3. The Morgan fingerprint density at radius 2 is 1.97 bits per heavy atom. The van der Waals surface area contributed by atoms with Crippen molar-refractivity contribution in [3.05, 3.63) is 94.3 Å². The average Bonchev–Trinajstić information content (AvgIpc) is 3.33. The number of halogens is 1. The van der Waals surface area contributed by atoms with Crippen molar-refractivity contribution in [2.24, 2.45) is 4.99 Å². The van der Waals surface area contributed by atoms with Crippen LogP contribution in [-0.4, -0.2) is 58.3 Å². The van der Waals surface area contributed by atoms with Gasteiger partial charge in [-0.2, -0.15) is 5.26 Å². The Bertz CT molecular complexity index is 1450. The van der Waals surface area contributed by atoms with Crippen molar-refractivity contribution in [2.75, 3.05) is 19.6 Å². The SMILES string of the molecule is CC(C)Oc1cc(C#N)ccc1C1=N[C@@H](c2ccccn2)[C@@H](c2ccc(Cl)cc2)N1C(=O)N1CCNC(=O)C1. The van der Waals surface area contributed by atoms with Crippen LogP contribution in [-0.2, 0) is 4.79 Å². The van der Waals surface area contributed by atoms with Crippen LogP contribution in [0.2, 0.25) is 5.02 Å². The number of hydrogen-bond donors (Lipinski definition) is 1. The topological polar surface area (TPSA) is 111 Å². The Morgan fingerprint density at radius 1 is 1.18 bits per heavy atom. The van der Waals surface area contributed by atoms with Crippen molar-refractivity contribution >= 4 is 29.4 Å². The Morgan fingerprint density at radius 3 is 2.64 bits per heavy atom. The van der Waals surface area contributed by atoms with E-state index in [0.29, 0.717) is 46.5 Å². The number of hydrogen-bond acceptors (Lipinski definition) is 6. The lowest BCUT2D eigenvalue weighted by atomic mass is 9.96. The minimum atomic E-state index is -0.577. The molecule has 39 heavy (non-hydrogen) atoms. The average molecular weight is 543 g/mol. The second kappa shape index (κ2) is 11.1. The number of nitrogens with zero attached hydrogens (tertiary/aromatic N) is 5. The molecule has 2 aromatic carbocycles. The summed E-state index contributed by atoms with van der Waals surface area (Å²) in [6, 6.07) is 18.6. The number of amidine groups is 1. The number of piperazine rings is 1. The maximum Gasteiger partial charge on any atom is 0.326 e. The number of carbonyl (C=O) groups is 2. The molecule has 0 aliphatic carbocycles. The number of nitriles is 1. The number of pyridine rings is 1. The first kappa shape index (κ1) is 26.2. The van der Waals surface area contributed by atoms with Crippen LogP contribution in [0.15, 0.2) is 71.9 Å². The van der Waals surface area contributed by atoms with Gasteiger partial charge in [-0.3, -0.25) is 19.7 Å². The van der Waals surface area contributed by atoms with Gasteiger partial charge in [0.25, 0.3) is 0 Å². The summed E-state index contributed by atoms with van der Waals surface area (Å²) in [5.41, 5.74) is 2.48. The van der Waals surface area contributed by atoms with E-state index in [1.54, 1.807) is 41.4 Å². The van der Waals surface area contributed by atoms with Crippen LogP contribution >= 0.6 is 11.6 Å². The number of benzene rings is 2. The number of ether oxygens (including phenoxy) is 1. The second-order valence-electron chi connectivity index (χ2n) is 9.56. The fourth-order valence-corrected chi connectivity index (χ4v) is 4.92. The molecular weight excluding hydrogens is 516 g/mol. The number of amides is 3. The minimum Gasteiger partial charge on any atom is -0.490 e. The van der Waals surface area contributed by atoms with Gasteiger partial charge in [-0.05, 0) is 61.9 Å². The third-order valence-electron chi connectivity index (χ3n) is 6.50. The van der Waals surface area contributed by atoms with E-state index in [0.717, 1.165) is 5.56 Å². The molecule has 1 saturated heterocycles. The van der Waals surface area contributed by atoms with Gasteiger partial charge in [-0.25, -0.2) is 4.79 Å². The van der Waals surface area contributed by atoms with Crippen molar-refractivity contribution in [1.82, 2.24) is 20.1 Å². The summed E-state index contributed by atoms with van der Waals surface area (Å²) in [5, 5.41) is 12.9. The second-order valence-corrected chi connectivity index (χ2v) is 10.00. The van der Waals surface area contributed by atoms with E-state index in [9.17, 15) is 14.9 Å². The summed E-state index contributed by atoms with van der Waals surface area (Å²) >= 11 is 6.21. The maximum atomic E-state index is 14.3. The molecule has 3 amide bonds. The summed E-state index contributed by atoms with van der Waals surface area (Å²) in [7, 11) is 0. The molecule has 1 aromatic heterocycles. The lowest BCUT2D eigenvalue weighted by molar-refractivity contribution is -0.123. The molecule has 5 rings (SSSR count). The number of urea groups is 1. The summed E-state index contributed by atoms with van der Waals surface area (Å²) in [6.07, 6.45) is 1.51. The predicted molar refractivity (Wildman–Crippen MR) is 146 cm³/mol. The Hall–Kier alpha value is -4.42. The Balaban J connectivity index is 1.71. The molecule has 0 bridgehead atoms. The number of aromatic nitrogens is 1. The molecule has 0 saturated carbocycles. The molecule has 2 aliphatic heterocycles. The molecule has 198 valence electrons. The summed E-state index contributed by atoms with van der Waals surface area (Å²) in [4.78, 5) is 39.3. The quantitative estimate of drug-likeness (QED) is 0.510. The normalized spacial score (nSPS) is 18.9. The lowest BCUT2D eigenvalue weighted by Gasteiger charge is -2.35. The van der Waals surface area contributed by atoms with Crippen LogP contribution in [0.3, 0.4) is 0 Å². The van der Waals surface area contributed by atoms with Crippen LogP contribution in [0.25, 0.3) is 0 Å². The van der Waals surface area contributed by atoms with Crippen LogP contribution in [0, 0.1) is 11.3 Å². The summed E-state index contributed by atoms with van der Waals surface area (Å²) in [6.45, 7) is 4.44. The Kier molecular flexibility index (Phi) is 7.48. The van der Waals surface area contributed by atoms with E-state index in [2.05, 4.69) is 16.4 Å². The highest BCUT2D eigenvalue weighted by Gasteiger charge is 2.45.